The van der Waals surface area contributed by atoms with Crippen molar-refractivity contribution >= 4 is 16.2 Å². The van der Waals surface area contributed by atoms with E-state index in [2.05, 4.69) is 5.32 Å². The lowest BCUT2D eigenvalue weighted by Gasteiger charge is -2.24. The van der Waals surface area contributed by atoms with Gasteiger partial charge in [-0.25, -0.2) is 4.79 Å². The Bertz CT molecular complexity index is 365. The second-order valence-corrected chi connectivity index (χ2v) is 6.22. The number of carbonyl (C=O) groups is 1. The van der Waals surface area contributed by atoms with Gasteiger partial charge in [0, 0.05) is 19.6 Å². The van der Waals surface area contributed by atoms with E-state index in [4.69, 9.17) is 14.0 Å². The zero-order valence-electron chi connectivity index (χ0n) is 11.6. The van der Waals surface area contributed by atoms with E-state index in [1.54, 1.807) is 0 Å². The van der Waals surface area contributed by atoms with Gasteiger partial charge in [0.1, 0.15) is 0 Å². The molecule has 0 aromatic carbocycles. The van der Waals surface area contributed by atoms with Gasteiger partial charge in [0.2, 0.25) is 0 Å². The molecule has 0 unspecified atom stereocenters. The number of amides is 1. The molecular weight excluding hydrogens is 274 g/mol. The van der Waals surface area contributed by atoms with Crippen molar-refractivity contribution in [2.75, 3.05) is 25.5 Å². The summed E-state index contributed by atoms with van der Waals surface area (Å²) in [6.45, 7) is 6.65. The van der Waals surface area contributed by atoms with E-state index in [9.17, 15) is 13.2 Å². The van der Waals surface area contributed by atoms with Crippen LogP contribution in [0.1, 0.15) is 33.6 Å². The number of rotatable bonds is 9. The van der Waals surface area contributed by atoms with Crippen LogP contribution in [-0.2, 0) is 19.6 Å². The Morgan fingerprint density at radius 1 is 1.37 bits per heavy atom. The van der Waals surface area contributed by atoms with Gasteiger partial charge >= 0.3 is 6.09 Å². The van der Waals surface area contributed by atoms with Gasteiger partial charge in [-0.1, -0.05) is 0 Å². The molecule has 0 aromatic rings. The average molecular weight is 297 g/mol. The molecule has 7 nitrogen and oxygen atoms in total. The first kappa shape index (κ1) is 18.1. The molecule has 0 aliphatic heterocycles. The van der Waals surface area contributed by atoms with E-state index >= 15 is 0 Å². The third-order valence-corrected chi connectivity index (χ3v) is 3.13. The van der Waals surface area contributed by atoms with E-state index < -0.39 is 16.2 Å². The van der Waals surface area contributed by atoms with Gasteiger partial charge in [-0.15, -0.1) is 0 Å². The largest absolute Gasteiger partial charge is 0.449 e. The molecule has 19 heavy (non-hydrogen) atoms. The maximum absolute atomic E-state index is 11.2. The average Bonchev–Trinajstić information content (AvgIpc) is 2.22. The van der Waals surface area contributed by atoms with E-state index in [0.29, 0.717) is 13.0 Å². The molecule has 0 spiro atoms. The molecular formula is C11H23NO6S. The van der Waals surface area contributed by atoms with E-state index in [1.807, 2.05) is 20.8 Å². The van der Waals surface area contributed by atoms with Crippen LogP contribution in [0.3, 0.4) is 0 Å². The van der Waals surface area contributed by atoms with E-state index in [-0.39, 0.29) is 30.9 Å². The number of hydrogen-bond acceptors (Lipinski definition) is 5. The summed E-state index contributed by atoms with van der Waals surface area (Å²) in [5.41, 5.74) is -0.347. The predicted octanol–water partition coefficient (Wildman–Crippen LogP) is 1.20. The van der Waals surface area contributed by atoms with E-state index in [0.717, 1.165) is 0 Å². The monoisotopic (exact) mass is 297 g/mol. The second kappa shape index (κ2) is 8.34. The predicted molar refractivity (Wildman–Crippen MR) is 70.7 cm³/mol. The summed E-state index contributed by atoms with van der Waals surface area (Å²) in [4.78, 5) is 11.2. The van der Waals surface area contributed by atoms with Crippen molar-refractivity contribution in [1.29, 1.82) is 0 Å². The number of ether oxygens (including phenoxy) is 2. The molecule has 0 heterocycles. The molecule has 0 radical (unpaired) electrons. The van der Waals surface area contributed by atoms with Crippen molar-refractivity contribution in [1.82, 2.24) is 5.32 Å². The molecule has 0 saturated heterocycles. The number of carbonyl (C=O) groups excluding carboxylic acids is 1. The van der Waals surface area contributed by atoms with Gasteiger partial charge in [0.25, 0.3) is 10.1 Å². The van der Waals surface area contributed by atoms with Crippen LogP contribution in [0.5, 0.6) is 0 Å². The van der Waals surface area contributed by atoms with Crippen molar-refractivity contribution in [3.8, 4) is 0 Å². The topological polar surface area (TPSA) is 102 Å². The molecule has 0 aromatic heterocycles. The van der Waals surface area contributed by atoms with E-state index in [1.165, 1.54) is 0 Å². The molecule has 0 rings (SSSR count). The molecule has 0 fully saturated rings. The molecule has 0 bridgehead atoms. The number of alkyl carbamates (subject to hydrolysis) is 1. The maximum atomic E-state index is 11.2. The minimum atomic E-state index is -3.97. The SMILES string of the molecule is CCOC(C)(C)CCOC(=O)NCCCS(=O)(=O)O. The third kappa shape index (κ3) is 11.9. The summed E-state index contributed by atoms with van der Waals surface area (Å²) in [6.07, 6.45) is 0.0973. The van der Waals surface area contributed by atoms with Crippen LogP contribution >= 0.6 is 0 Å². The van der Waals surface area contributed by atoms with Crippen LogP contribution in [0.15, 0.2) is 0 Å². The molecule has 114 valence electrons. The van der Waals surface area contributed by atoms with Crippen LogP contribution in [0.2, 0.25) is 0 Å². The fraction of sp³-hybridized carbons (Fsp3) is 0.909. The van der Waals surface area contributed by atoms with Crippen LogP contribution in [0, 0.1) is 0 Å². The molecule has 0 aliphatic carbocycles. The fourth-order valence-corrected chi connectivity index (χ4v) is 1.86. The Hall–Kier alpha value is -0.860. The Morgan fingerprint density at radius 3 is 2.53 bits per heavy atom. The molecule has 0 atom stereocenters. The zero-order chi connectivity index (χ0) is 14.9. The van der Waals surface area contributed by atoms with Gasteiger partial charge in [-0.3, -0.25) is 4.55 Å². The lowest BCUT2D eigenvalue weighted by Crippen LogP contribution is -2.30. The van der Waals surface area contributed by atoms with Crippen molar-refractivity contribution < 1.29 is 27.2 Å². The molecule has 2 N–H and O–H groups in total. The fourth-order valence-electron chi connectivity index (χ4n) is 1.35. The molecule has 8 heteroatoms. The normalized spacial score (nSPS) is 12.2. The van der Waals surface area contributed by atoms with Gasteiger partial charge in [0.15, 0.2) is 0 Å². The van der Waals surface area contributed by atoms with Crippen molar-refractivity contribution in [3.05, 3.63) is 0 Å². The standard InChI is InChI=1S/C11H23NO6S/c1-4-18-11(2,3)6-8-17-10(13)12-7-5-9-19(14,15)16/h4-9H2,1-3H3,(H,12,13)(H,14,15,16). The third-order valence-electron chi connectivity index (χ3n) is 2.32. The lowest BCUT2D eigenvalue weighted by molar-refractivity contribution is -0.0273. The zero-order valence-corrected chi connectivity index (χ0v) is 12.5. The van der Waals surface area contributed by atoms with Gasteiger partial charge in [-0.2, -0.15) is 8.42 Å². The minimum absolute atomic E-state index is 0.132. The second-order valence-electron chi connectivity index (χ2n) is 4.64. The summed E-state index contributed by atoms with van der Waals surface area (Å²) in [7, 11) is -3.97. The molecule has 0 aliphatic rings. The van der Waals surface area contributed by atoms with Crippen molar-refractivity contribution in [2.24, 2.45) is 0 Å². The molecule has 0 saturated carbocycles. The summed E-state index contributed by atoms with van der Waals surface area (Å²) in [5, 5.41) is 2.40. The first-order valence-corrected chi connectivity index (χ1v) is 7.77. The van der Waals surface area contributed by atoms with Gasteiger partial charge < -0.3 is 14.8 Å². The van der Waals surface area contributed by atoms with Crippen LogP contribution < -0.4 is 5.32 Å². The highest BCUT2D eigenvalue weighted by molar-refractivity contribution is 7.85. The summed E-state index contributed by atoms with van der Waals surface area (Å²) < 4.78 is 39.7. The van der Waals surface area contributed by atoms with Gasteiger partial charge in [-0.05, 0) is 27.2 Å². The smallest absolute Gasteiger partial charge is 0.407 e. The first-order valence-electron chi connectivity index (χ1n) is 6.16. The highest BCUT2D eigenvalue weighted by Crippen LogP contribution is 2.13. The van der Waals surface area contributed by atoms with Gasteiger partial charge in [0.05, 0.1) is 18.0 Å². The number of nitrogens with one attached hydrogen (secondary N) is 1. The van der Waals surface area contributed by atoms with Crippen LogP contribution in [0.25, 0.3) is 0 Å². The number of hydrogen-bond donors (Lipinski definition) is 2. The highest BCUT2D eigenvalue weighted by atomic mass is 32.2. The molecule has 1 amide bonds. The minimum Gasteiger partial charge on any atom is -0.449 e. The van der Waals surface area contributed by atoms with Crippen molar-refractivity contribution in [3.63, 3.8) is 0 Å². The first-order chi connectivity index (χ1) is 8.66. The summed E-state index contributed by atoms with van der Waals surface area (Å²) >= 11 is 0. The quantitative estimate of drug-likeness (QED) is 0.489. The Kier molecular flexibility index (Phi) is 7.96. The Morgan fingerprint density at radius 2 is 2.00 bits per heavy atom. The highest BCUT2D eigenvalue weighted by Gasteiger charge is 2.18. The Labute approximate surface area is 114 Å². The Balaban J connectivity index is 3.66. The van der Waals surface area contributed by atoms with Crippen LogP contribution in [-0.4, -0.2) is 50.2 Å². The van der Waals surface area contributed by atoms with Crippen molar-refractivity contribution in [2.45, 2.75) is 39.2 Å². The lowest BCUT2D eigenvalue weighted by atomic mass is 10.1. The van der Waals surface area contributed by atoms with Crippen LogP contribution in [0.4, 0.5) is 4.79 Å². The summed E-state index contributed by atoms with van der Waals surface area (Å²) in [5.74, 6) is -0.384. The maximum Gasteiger partial charge on any atom is 0.407 e. The summed E-state index contributed by atoms with van der Waals surface area (Å²) in [6, 6.07) is 0.